The Balaban J connectivity index is 2.48. The van der Waals surface area contributed by atoms with Crippen LogP contribution in [0.3, 0.4) is 0 Å². The Morgan fingerprint density at radius 3 is 2.56 bits per heavy atom. The van der Waals surface area contributed by atoms with Crippen LogP contribution in [0.15, 0.2) is 18.2 Å². The average Bonchev–Trinajstić information content (AvgIpc) is 2.33. The van der Waals surface area contributed by atoms with Crippen LogP contribution in [0, 0.1) is 0 Å². The molecule has 0 aromatic heterocycles. The zero-order valence-corrected chi connectivity index (χ0v) is 13.5. The Hall–Kier alpha value is 0.110. The lowest BCUT2D eigenvalue weighted by molar-refractivity contribution is 0.471. The molecule has 1 rings (SSSR count). The average molecular weight is 306 g/mol. The van der Waals surface area contributed by atoms with Gasteiger partial charge in [0.1, 0.15) is 0 Å². The van der Waals surface area contributed by atoms with Gasteiger partial charge in [0.2, 0.25) is 0 Å². The SMILES string of the molecule is CCSCCC(C)NC(C)c1ccc(Cl)c(Cl)c1. The molecule has 0 bridgehead atoms. The summed E-state index contributed by atoms with van der Waals surface area (Å²) in [5.74, 6) is 2.40. The lowest BCUT2D eigenvalue weighted by Crippen LogP contribution is -2.29. The molecule has 1 aromatic carbocycles. The minimum absolute atomic E-state index is 0.293. The Morgan fingerprint density at radius 2 is 1.94 bits per heavy atom. The van der Waals surface area contributed by atoms with Crippen molar-refractivity contribution < 1.29 is 0 Å². The van der Waals surface area contributed by atoms with Gasteiger partial charge < -0.3 is 5.32 Å². The van der Waals surface area contributed by atoms with Crippen molar-refractivity contribution in [2.24, 2.45) is 0 Å². The minimum atomic E-state index is 0.293. The predicted octanol–water partition coefficient (Wildman–Crippen LogP) is 5.18. The van der Waals surface area contributed by atoms with E-state index in [2.05, 4.69) is 26.1 Å². The van der Waals surface area contributed by atoms with Crippen LogP contribution in [0.2, 0.25) is 10.0 Å². The fourth-order valence-electron chi connectivity index (χ4n) is 1.79. The number of hydrogen-bond donors (Lipinski definition) is 1. The maximum atomic E-state index is 6.03. The molecule has 2 atom stereocenters. The second-order valence-corrected chi connectivity index (χ2v) is 6.66. The largest absolute Gasteiger partial charge is 0.308 e. The van der Waals surface area contributed by atoms with Crippen LogP contribution in [-0.2, 0) is 0 Å². The first-order valence-electron chi connectivity index (χ1n) is 6.33. The van der Waals surface area contributed by atoms with Crippen LogP contribution in [0.5, 0.6) is 0 Å². The zero-order valence-electron chi connectivity index (χ0n) is 11.2. The monoisotopic (exact) mass is 305 g/mol. The van der Waals surface area contributed by atoms with E-state index in [1.165, 1.54) is 23.5 Å². The lowest BCUT2D eigenvalue weighted by atomic mass is 10.1. The first kappa shape index (κ1) is 16.2. The summed E-state index contributed by atoms with van der Waals surface area (Å²) < 4.78 is 0. The van der Waals surface area contributed by atoms with Gasteiger partial charge in [0.15, 0.2) is 0 Å². The zero-order chi connectivity index (χ0) is 13.5. The van der Waals surface area contributed by atoms with E-state index in [9.17, 15) is 0 Å². The van der Waals surface area contributed by atoms with Crippen molar-refractivity contribution >= 4 is 35.0 Å². The summed E-state index contributed by atoms with van der Waals surface area (Å²) in [5, 5.41) is 4.82. The van der Waals surface area contributed by atoms with Crippen molar-refractivity contribution in [3.8, 4) is 0 Å². The third-order valence-electron chi connectivity index (χ3n) is 2.88. The van der Waals surface area contributed by atoms with E-state index in [0.717, 1.165) is 0 Å². The van der Waals surface area contributed by atoms with Gasteiger partial charge in [-0.2, -0.15) is 11.8 Å². The van der Waals surface area contributed by atoms with Crippen LogP contribution in [0.25, 0.3) is 0 Å². The second-order valence-electron chi connectivity index (χ2n) is 4.45. The molecule has 0 heterocycles. The molecule has 0 fully saturated rings. The molecule has 1 nitrogen and oxygen atoms in total. The van der Waals surface area contributed by atoms with Crippen LogP contribution < -0.4 is 5.32 Å². The summed E-state index contributed by atoms with van der Waals surface area (Å²) in [6.07, 6.45) is 1.18. The van der Waals surface area contributed by atoms with Crippen molar-refractivity contribution in [1.29, 1.82) is 0 Å². The molecule has 1 aromatic rings. The third kappa shape index (κ3) is 5.40. The Bertz CT molecular complexity index is 371. The van der Waals surface area contributed by atoms with Gasteiger partial charge in [0, 0.05) is 12.1 Å². The minimum Gasteiger partial charge on any atom is -0.308 e. The lowest BCUT2D eigenvalue weighted by Gasteiger charge is -2.20. The molecule has 102 valence electrons. The second kappa shape index (κ2) is 8.31. The van der Waals surface area contributed by atoms with Crippen molar-refractivity contribution in [2.45, 2.75) is 39.3 Å². The van der Waals surface area contributed by atoms with Gasteiger partial charge in [-0.25, -0.2) is 0 Å². The number of rotatable bonds is 7. The molecule has 1 N–H and O–H groups in total. The summed E-state index contributed by atoms with van der Waals surface area (Å²) in [6, 6.07) is 6.62. The van der Waals surface area contributed by atoms with Gasteiger partial charge in [0.25, 0.3) is 0 Å². The molecular formula is C14H21Cl2NS. The fourth-order valence-corrected chi connectivity index (χ4v) is 2.91. The normalized spacial score (nSPS) is 14.5. The molecular weight excluding hydrogens is 285 g/mol. The molecule has 0 aliphatic heterocycles. The summed E-state index contributed by atoms with van der Waals surface area (Å²) in [6.45, 7) is 6.58. The Kier molecular flexibility index (Phi) is 7.47. The van der Waals surface area contributed by atoms with Gasteiger partial charge >= 0.3 is 0 Å². The van der Waals surface area contributed by atoms with Crippen LogP contribution in [-0.4, -0.2) is 17.5 Å². The van der Waals surface area contributed by atoms with Gasteiger partial charge in [-0.1, -0.05) is 36.2 Å². The maximum Gasteiger partial charge on any atom is 0.0595 e. The number of halogens is 2. The van der Waals surface area contributed by atoms with Crippen molar-refractivity contribution in [2.75, 3.05) is 11.5 Å². The van der Waals surface area contributed by atoms with Crippen LogP contribution in [0.4, 0.5) is 0 Å². The van der Waals surface area contributed by atoms with Gasteiger partial charge in [-0.05, 0) is 49.5 Å². The van der Waals surface area contributed by atoms with Crippen molar-refractivity contribution in [1.82, 2.24) is 5.32 Å². The fraction of sp³-hybridized carbons (Fsp3) is 0.571. The third-order valence-corrected chi connectivity index (χ3v) is 4.55. The summed E-state index contributed by atoms with van der Waals surface area (Å²) >= 11 is 13.9. The standard InChI is InChI=1S/C14H21Cl2NS/c1-4-18-8-7-10(2)17-11(3)12-5-6-13(15)14(16)9-12/h5-6,9-11,17H,4,7-8H2,1-3H3. The van der Waals surface area contributed by atoms with Crippen LogP contribution in [0.1, 0.15) is 38.8 Å². The molecule has 18 heavy (non-hydrogen) atoms. The van der Waals surface area contributed by atoms with E-state index >= 15 is 0 Å². The smallest absolute Gasteiger partial charge is 0.0595 e. The van der Waals surface area contributed by atoms with E-state index < -0.39 is 0 Å². The molecule has 0 radical (unpaired) electrons. The molecule has 2 unspecified atom stereocenters. The molecule has 4 heteroatoms. The Labute approximate surface area is 125 Å². The highest BCUT2D eigenvalue weighted by atomic mass is 35.5. The first-order valence-corrected chi connectivity index (χ1v) is 8.24. The number of thioether (sulfide) groups is 1. The van der Waals surface area contributed by atoms with Gasteiger partial charge in [0.05, 0.1) is 10.0 Å². The molecule has 0 aliphatic rings. The molecule has 0 saturated carbocycles. The summed E-state index contributed by atoms with van der Waals surface area (Å²) in [5.41, 5.74) is 1.18. The molecule has 0 amide bonds. The number of benzene rings is 1. The quantitative estimate of drug-likeness (QED) is 0.697. The van der Waals surface area contributed by atoms with Crippen LogP contribution >= 0.6 is 35.0 Å². The first-order chi connectivity index (χ1) is 8.54. The number of hydrogen-bond acceptors (Lipinski definition) is 2. The highest BCUT2D eigenvalue weighted by Gasteiger charge is 2.10. The van der Waals surface area contributed by atoms with E-state index in [1.54, 1.807) is 0 Å². The van der Waals surface area contributed by atoms with Crippen molar-refractivity contribution in [3.05, 3.63) is 33.8 Å². The van der Waals surface area contributed by atoms with E-state index in [0.29, 0.717) is 22.1 Å². The predicted molar refractivity (Wildman–Crippen MR) is 85.1 cm³/mol. The highest BCUT2D eigenvalue weighted by Crippen LogP contribution is 2.25. The Morgan fingerprint density at radius 1 is 1.22 bits per heavy atom. The maximum absolute atomic E-state index is 6.03. The van der Waals surface area contributed by atoms with E-state index in [4.69, 9.17) is 23.2 Å². The topological polar surface area (TPSA) is 12.0 Å². The summed E-state index contributed by atoms with van der Waals surface area (Å²) in [4.78, 5) is 0. The van der Waals surface area contributed by atoms with Gasteiger partial charge in [-0.3, -0.25) is 0 Å². The van der Waals surface area contributed by atoms with Crippen molar-refractivity contribution in [3.63, 3.8) is 0 Å². The molecule has 0 aliphatic carbocycles. The summed E-state index contributed by atoms with van der Waals surface area (Å²) in [7, 11) is 0. The number of nitrogens with one attached hydrogen (secondary N) is 1. The van der Waals surface area contributed by atoms with E-state index in [1.807, 2.05) is 30.0 Å². The molecule has 0 saturated heterocycles. The van der Waals surface area contributed by atoms with E-state index in [-0.39, 0.29) is 0 Å². The highest BCUT2D eigenvalue weighted by molar-refractivity contribution is 7.99. The van der Waals surface area contributed by atoms with Gasteiger partial charge in [-0.15, -0.1) is 0 Å². The molecule has 0 spiro atoms.